The third kappa shape index (κ3) is 3.49. The molecule has 0 fully saturated rings. The summed E-state index contributed by atoms with van der Waals surface area (Å²) in [7, 11) is 0. The van der Waals surface area contributed by atoms with Crippen LogP contribution in [0.1, 0.15) is 12.0 Å². The number of hydrogen-bond acceptors (Lipinski definition) is 5. The standard InChI is InChI=1S/C19H20N4O2/c24-17-11-16(13-25-12-14-7-3-1-4-8-14)20-19-21-18(22-23(17)19)15-9-5-2-6-10-15/h1-7,9-11,14,19-20H,8,12-13H2,(H,21,22). The second kappa shape index (κ2) is 6.94. The average Bonchev–Trinajstić information content (AvgIpc) is 3.08. The van der Waals surface area contributed by atoms with Gasteiger partial charge in [0.1, 0.15) is 0 Å². The number of ether oxygens (including phenoxy) is 1. The number of benzene rings is 1. The largest absolute Gasteiger partial charge is 0.375 e. The number of aliphatic imine (C=N–C) groups is 1. The molecule has 25 heavy (non-hydrogen) atoms. The first-order chi connectivity index (χ1) is 12.3. The molecule has 1 aromatic rings. The van der Waals surface area contributed by atoms with Crippen molar-refractivity contribution >= 4 is 11.7 Å². The molecule has 0 saturated carbocycles. The Labute approximate surface area is 146 Å². The van der Waals surface area contributed by atoms with Crippen molar-refractivity contribution in [3.63, 3.8) is 0 Å². The molecule has 2 aliphatic heterocycles. The summed E-state index contributed by atoms with van der Waals surface area (Å²) in [6, 6.07) is 9.75. The Hall–Kier alpha value is -2.86. The smallest absolute Gasteiger partial charge is 0.270 e. The van der Waals surface area contributed by atoms with Crippen LogP contribution < -0.4 is 10.7 Å². The van der Waals surface area contributed by atoms with Gasteiger partial charge in [0.15, 0.2) is 5.84 Å². The summed E-state index contributed by atoms with van der Waals surface area (Å²) in [5, 5.41) is 4.73. The molecule has 2 unspecified atom stereocenters. The van der Waals surface area contributed by atoms with Crippen LogP contribution in [-0.2, 0) is 9.53 Å². The van der Waals surface area contributed by atoms with E-state index in [1.807, 2.05) is 42.5 Å². The van der Waals surface area contributed by atoms with Crippen LogP contribution in [0.5, 0.6) is 0 Å². The molecule has 0 bridgehead atoms. The van der Waals surface area contributed by atoms with E-state index in [1.54, 1.807) is 6.08 Å². The highest BCUT2D eigenvalue weighted by atomic mass is 16.5. The second-order valence-electron chi connectivity index (χ2n) is 6.18. The van der Waals surface area contributed by atoms with E-state index >= 15 is 0 Å². The fourth-order valence-corrected chi connectivity index (χ4v) is 2.98. The van der Waals surface area contributed by atoms with Crippen LogP contribution >= 0.6 is 0 Å². The molecule has 128 valence electrons. The maximum absolute atomic E-state index is 12.3. The molecule has 1 aliphatic carbocycles. The summed E-state index contributed by atoms with van der Waals surface area (Å²) in [5.41, 5.74) is 4.75. The van der Waals surface area contributed by atoms with Crippen molar-refractivity contribution in [3.8, 4) is 0 Å². The summed E-state index contributed by atoms with van der Waals surface area (Å²) in [6.45, 7) is 1.01. The molecule has 2 N–H and O–H groups in total. The van der Waals surface area contributed by atoms with Gasteiger partial charge in [0, 0.05) is 23.3 Å². The maximum Gasteiger partial charge on any atom is 0.270 e. The van der Waals surface area contributed by atoms with E-state index in [2.05, 4.69) is 27.9 Å². The Bertz CT molecular complexity index is 767. The van der Waals surface area contributed by atoms with Crippen molar-refractivity contribution in [1.29, 1.82) is 0 Å². The van der Waals surface area contributed by atoms with Crippen molar-refractivity contribution in [2.24, 2.45) is 10.9 Å². The summed E-state index contributed by atoms with van der Waals surface area (Å²) < 4.78 is 5.77. The van der Waals surface area contributed by atoms with Crippen LogP contribution in [0.3, 0.4) is 0 Å². The summed E-state index contributed by atoms with van der Waals surface area (Å²) in [5.74, 6) is 0.955. The molecular formula is C19H20N4O2. The minimum absolute atomic E-state index is 0.127. The lowest BCUT2D eigenvalue weighted by molar-refractivity contribution is -0.131. The highest BCUT2D eigenvalue weighted by Crippen LogP contribution is 2.17. The Balaban J connectivity index is 1.36. The van der Waals surface area contributed by atoms with Gasteiger partial charge in [-0.1, -0.05) is 54.6 Å². The normalized spacial score (nSPS) is 24.3. The SMILES string of the molecule is O=C1C=C(COCC2C=CC=CC2)NC2N=C(c3ccccc3)NN12. The number of hydrazine groups is 1. The van der Waals surface area contributed by atoms with Crippen molar-refractivity contribution in [2.45, 2.75) is 12.7 Å². The molecule has 1 amide bonds. The second-order valence-corrected chi connectivity index (χ2v) is 6.18. The topological polar surface area (TPSA) is 66.0 Å². The zero-order valence-corrected chi connectivity index (χ0v) is 13.8. The van der Waals surface area contributed by atoms with E-state index in [9.17, 15) is 4.79 Å². The maximum atomic E-state index is 12.3. The Morgan fingerprint density at radius 2 is 2.12 bits per heavy atom. The average molecular weight is 336 g/mol. The van der Waals surface area contributed by atoms with Crippen molar-refractivity contribution in [2.75, 3.05) is 13.2 Å². The molecule has 1 aromatic carbocycles. The molecule has 0 aromatic heterocycles. The molecule has 2 heterocycles. The lowest BCUT2D eigenvalue weighted by atomic mass is 10.0. The number of allylic oxidation sites excluding steroid dienone is 3. The molecule has 3 aliphatic rings. The Kier molecular flexibility index (Phi) is 4.35. The van der Waals surface area contributed by atoms with Gasteiger partial charge in [-0.2, -0.15) is 0 Å². The first-order valence-electron chi connectivity index (χ1n) is 8.41. The van der Waals surface area contributed by atoms with Crippen LogP contribution in [-0.4, -0.2) is 36.3 Å². The molecule has 0 radical (unpaired) electrons. The summed E-state index contributed by atoms with van der Waals surface area (Å²) in [4.78, 5) is 16.9. The molecule has 0 spiro atoms. The number of fused-ring (bicyclic) bond motifs is 1. The number of rotatable bonds is 5. The van der Waals surface area contributed by atoms with E-state index in [1.165, 1.54) is 5.01 Å². The molecule has 0 saturated heterocycles. The van der Waals surface area contributed by atoms with Crippen LogP contribution in [0.15, 0.2) is 71.4 Å². The quantitative estimate of drug-likeness (QED) is 0.859. The third-order valence-electron chi connectivity index (χ3n) is 4.28. The third-order valence-corrected chi connectivity index (χ3v) is 4.28. The van der Waals surface area contributed by atoms with Gasteiger partial charge in [-0.3, -0.25) is 10.2 Å². The lowest BCUT2D eigenvalue weighted by Gasteiger charge is -2.29. The van der Waals surface area contributed by atoms with Crippen LogP contribution in [0.4, 0.5) is 0 Å². The first-order valence-corrected chi connectivity index (χ1v) is 8.41. The number of carbonyl (C=O) groups excluding carboxylic acids is 1. The number of amidine groups is 1. The lowest BCUT2D eigenvalue weighted by Crippen LogP contribution is -2.53. The minimum Gasteiger partial charge on any atom is -0.375 e. The number of amides is 1. The van der Waals surface area contributed by atoms with E-state index in [4.69, 9.17) is 4.74 Å². The number of carbonyl (C=O) groups is 1. The molecular weight excluding hydrogens is 316 g/mol. The molecule has 6 nitrogen and oxygen atoms in total. The highest BCUT2D eigenvalue weighted by Gasteiger charge is 2.33. The van der Waals surface area contributed by atoms with Crippen molar-refractivity contribution < 1.29 is 9.53 Å². The van der Waals surface area contributed by atoms with Gasteiger partial charge < -0.3 is 10.1 Å². The van der Waals surface area contributed by atoms with Gasteiger partial charge in [-0.15, -0.1) is 0 Å². The fraction of sp³-hybridized carbons (Fsp3) is 0.263. The van der Waals surface area contributed by atoms with E-state index in [0.29, 0.717) is 25.0 Å². The van der Waals surface area contributed by atoms with Crippen molar-refractivity contribution in [3.05, 3.63) is 72.0 Å². The van der Waals surface area contributed by atoms with Crippen molar-refractivity contribution in [1.82, 2.24) is 15.8 Å². The number of nitrogens with zero attached hydrogens (tertiary/aromatic N) is 2. The monoisotopic (exact) mass is 336 g/mol. The van der Waals surface area contributed by atoms with Gasteiger partial charge in [-0.05, 0) is 6.42 Å². The summed E-state index contributed by atoms with van der Waals surface area (Å²) >= 11 is 0. The van der Waals surface area contributed by atoms with Gasteiger partial charge in [-0.25, -0.2) is 10.0 Å². The van der Waals surface area contributed by atoms with Crippen LogP contribution in [0.2, 0.25) is 0 Å². The predicted molar refractivity (Wildman–Crippen MR) is 95.2 cm³/mol. The van der Waals surface area contributed by atoms with Gasteiger partial charge in [0.25, 0.3) is 5.91 Å². The van der Waals surface area contributed by atoms with Crippen LogP contribution in [0.25, 0.3) is 0 Å². The van der Waals surface area contributed by atoms with E-state index in [-0.39, 0.29) is 5.91 Å². The van der Waals surface area contributed by atoms with Crippen LogP contribution in [0, 0.1) is 5.92 Å². The molecule has 6 heteroatoms. The number of nitrogens with one attached hydrogen (secondary N) is 2. The van der Waals surface area contributed by atoms with Gasteiger partial charge >= 0.3 is 0 Å². The molecule has 2 atom stereocenters. The van der Waals surface area contributed by atoms with Gasteiger partial charge in [0.05, 0.1) is 13.2 Å². The zero-order valence-electron chi connectivity index (χ0n) is 13.8. The first kappa shape index (κ1) is 15.7. The number of hydrogen-bond donors (Lipinski definition) is 2. The van der Waals surface area contributed by atoms with E-state index < -0.39 is 6.29 Å². The fourth-order valence-electron chi connectivity index (χ4n) is 2.98. The minimum atomic E-state index is -0.441. The predicted octanol–water partition coefficient (Wildman–Crippen LogP) is 1.70. The highest BCUT2D eigenvalue weighted by molar-refractivity contribution is 6.02. The Morgan fingerprint density at radius 1 is 1.24 bits per heavy atom. The Morgan fingerprint density at radius 3 is 2.92 bits per heavy atom. The van der Waals surface area contributed by atoms with Gasteiger partial charge in [0.2, 0.25) is 6.29 Å². The molecule has 4 rings (SSSR count). The summed E-state index contributed by atoms with van der Waals surface area (Å²) in [6.07, 6.45) is 10.5. The zero-order chi connectivity index (χ0) is 17.1. The van der Waals surface area contributed by atoms with E-state index in [0.717, 1.165) is 17.7 Å².